The lowest BCUT2D eigenvalue weighted by Gasteiger charge is -2.27. The van der Waals surface area contributed by atoms with Gasteiger partial charge < -0.3 is 10.2 Å². The van der Waals surface area contributed by atoms with Crippen molar-refractivity contribution in [2.24, 2.45) is 0 Å². The van der Waals surface area contributed by atoms with E-state index in [1.165, 1.54) is 12.1 Å². The molecule has 1 aliphatic heterocycles. The lowest BCUT2D eigenvalue weighted by atomic mass is 10.1. The highest BCUT2D eigenvalue weighted by molar-refractivity contribution is 7.94. The highest BCUT2D eigenvalue weighted by Crippen LogP contribution is 2.23. The molecule has 0 saturated carbocycles. The maximum Gasteiger partial charge on any atom is 0.271 e. The molecule has 1 saturated heterocycles. The zero-order chi connectivity index (χ0) is 22.6. The zero-order valence-electron chi connectivity index (χ0n) is 17.3. The minimum absolute atomic E-state index is 0.0990. The van der Waals surface area contributed by atoms with Crippen molar-refractivity contribution >= 4 is 44.5 Å². The summed E-state index contributed by atoms with van der Waals surface area (Å²) in [5.41, 5.74) is 1.43. The Bertz CT molecular complexity index is 1220. The third-order valence-electron chi connectivity index (χ3n) is 5.19. The van der Waals surface area contributed by atoms with Gasteiger partial charge in [0.1, 0.15) is 4.21 Å². The van der Waals surface area contributed by atoms with Gasteiger partial charge in [0.15, 0.2) is 0 Å². The monoisotopic (exact) mass is 469 g/mol. The number of para-hydroxylation sites is 1. The summed E-state index contributed by atoms with van der Waals surface area (Å²) in [4.78, 5) is 27.7. The van der Waals surface area contributed by atoms with Crippen LogP contribution in [0.4, 0.5) is 11.4 Å². The second-order valence-electron chi connectivity index (χ2n) is 7.47. The van der Waals surface area contributed by atoms with Gasteiger partial charge in [0.25, 0.3) is 21.8 Å². The molecule has 2 N–H and O–H groups in total. The SMILES string of the molecule is O=C(Nc1ccccc1C(=O)N1CCCCC1)c1cccc(NS(=O)(=O)c2cccs2)c1. The number of rotatable bonds is 6. The first-order chi connectivity index (χ1) is 15.4. The average molecular weight is 470 g/mol. The van der Waals surface area contributed by atoms with Crippen LogP contribution in [0.3, 0.4) is 0 Å². The molecular formula is C23H23N3O4S2. The molecule has 32 heavy (non-hydrogen) atoms. The number of carbonyl (C=O) groups excluding carboxylic acids is 2. The number of hydrogen-bond donors (Lipinski definition) is 2. The van der Waals surface area contributed by atoms with E-state index in [0.717, 1.165) is 30.6 Å². The van der Waals surface area contributed by atoms with Crippen molar-refractivity contribution in [3.63, 3.8) is 0 Å². The van der Waals surface area contributed by atoms with E-state index in [0.29, 0.717) is 24.3 Å². The van der Waals surface area contributed by atoms with Gasteiger partial charge in [-0.3, -0.25) is 14.3 Å². The molecule has 0 atom stereocenters. The number of nitrogens with one attached hydrogen (secondary N) is 2. The van der Waals surface area contributed by atoms with Crippen LogP contribution in [0.25, 0.3) is 0 Å². The Balaban J connectivity index is 1.52. The van der Waals surface area contributed by atoms with Gasteiger partial charge in [0.05, 0.1) is 11.3 Å². The molecule has 0 bridgehead atoms. The van der Waals surface area contributed by atoms with E-state index in [-0.39, 0.29) is 21.4 Å². The lowest BCUT2D eigenvalue weighted by Crippen LogP contribution is -2.36. The van der Waals surface area contributed by atoms with Crippen molar-refractivity contribution in [2.45, 2.75) is 23.5 Å². The Morgan fingerprint density at radius 1 is 0.906 bits per heavy atom. The van der Waals surface area contributed by atoms with Crippen LogP contribution < -0.4 is 10.0 Å². The molecule has 2 aromatic carbocycles. The molecule has 1 fully saturated rings. The van der Waals surface area contributed by atoms with Crippen molar-refractivity contribution in [2.75, 3.05) is 23.1 Å². The van der Waals surface area contributed by atoms with Gasteiger partial charge in [-0.2, -0.15) is 0 Å². The van der Waals surface area contributed by atoms with Crippen molar-refractivity contribution in [3.8, 4) is 0 Å². The smallest absolute Gasteiger partial charge is 0.271 e. The number of piperidine rings is 1. The fraction of sp³-hybridized carbons (Fsp3) is 0.217. The third-order valence-corrected chi connectivity index (χ3v) is 7.96. The number of benzene rings is 2. The van der Waals surface area contributed by atoms with Crippen molar-refractivity contribution in [1.82, 2.24) is 4.90 Å². The predicted octanol–water partition coefficient (Wildman–Crippen LogP) is 4.43. The summed E-state index contributed by atoms with van der Waals surface area (Å²) in [6.07, 6.45) is 3.08. The van der Waals surface area contributed by atoms with Gasteiger partial charge in [0.2, 0.25) is 0 Å². The molecule has 7 nitrogen and oxygen atoms in total. The van der Waals surface area contributed by atoms with Crippen LogP contribution in [0.15, 0.2) is 70.3 Å². The molecule has 9 heteroatoms. The fourth-order valence-electron chi connectivity index (χ4n) is 3.59. The van der Waals surface area contributed by atoms with Gasteiger partial charge >= 0.3 is 0 Å². The highest BCUT2D eigenvalue weighted by atomic mass is 32.2. The summed E-state index contributed by atoms with van der Waals surface area (Å²) in [5, 5.41) is 4.48. The molecule has 0 aliphatic carbocycles. The van der Waals surface area contributed by atoms with Gasteiger partial charge in [-0.1, -0.05) is 24.3 Å². The molecule has 2 amide bonds. The first-order valence-corrected chi connectivity index (χ1v) is 12.7. The van der Waals surface area contributed by atoms with E-state index in [1.54, 1.807) is 53.9 Å². The van der Waals surface area contributed by atoms with Gasteiger partial charge in [-0.15, -0.1) is 11.3 Å². The van der Waals surface area contributed by atoms with E-state index in [4.69, 9.17) is 0 Å². The molecule has 1 aliphatic rings. The maximum absolute atomic E-state index is 13.0. The molecule has 0 radical (unpaired) electrons. The first-order valence-electron chi connectivity index (χ1n) is 10.3. The molecule has 0 unspecified atom stereocenters. The maximum atomic E-state index is 13.0. The molecule has 4 rings (SSSR count). The lowest BCUT2D eigenvalue weighted by molar-refractivity contribution is 0.0725. The van der Waals surface area contributed by atoms with Gasteiger partial charge in [-0.25, -0.2) is 8.42 Å². The van der Waals surface area contributed by atoms with Crippen LogP contribution in [-0.2, 0) is 10.0 Å². The number of carbonyl (C=O) groups is 2. The normalized spacial score (nSPS) is 14.1. The van der Waals surface area contributed by atoms with E-state index < -0.39 is 15.9 Å². The minimum atomic E-state index is -3.72. The largest absolute Gasteiger partial charge is 0.339 e. The number of nitrogens with zero attached hydrogens (tertiary/aromatic N) is 1. The number of thiophene rings is 1. The summed E-state index contributed by atoms with van der Waals surface area (Å²) in [7, 11) is -3.72. The number of hydrogen-bond acceptors (Lipinski definition) is 5. The van der Waals surface area contributed by atoms with E-state index >= 15 is 0 Å². The summed E-state index contributed by atoms with van der Waals surface area (Å²) in [6, 6.07) is 16.3. The number of sulfonamides is 1. The molecule has 0 spiro atoms. The number of likely N-dealkylation sites (tertiary alicyclic amines) is 1. The summed E-state index contributed by atoms with van der Waals surface area (Å²) in [6.45, 7) is 1.43. The predicted molar refractivity (Wildman–Crippen MR) is 126 cm³/mol. The van der Waals surface area contributed by atoms with Crippen LogP contribution in [0.2, 0.25) is 0 Å². The summed E-state index contributed by atoms with van der Waals surface area (Å²) in [5.74, 6) is -0.529. The van der Waals surface area contributed by atoms with Crippen LogP contribution in [0, 0.1) is 0 Å². The second-order valence-corrected chi connectivity index (χ2v) is 10.3. The Labute approximate surface area is 191 Å². The minimum Gasteiger partial charge on any atom is -0.339 e. The Hall–Kier alpha value is -3.17. The summed E-state index contributed by atoms with van der Waals surface area (Å²) >= 11 is 1.11. The van der Waals surface area contributed by atoms with E-state index in [1.807, 2.05) is 4.90 Å². The van der Waals surface area contributed by atoms with Gasteiger partial charge in [0, 0.05) is 24.3 Å². The van der Waals surface area contributed by atoms with Gasteiger partial charge in [-0.05, 0) is 61.0 Å². The fourth-order valence-corrected chi connectivity index (χ4v) is 5.63. The molecular weight excluding hydrogens is 446 g/mol. The Kier molecular flexibility index (Phi) is 6.57. The first kappa shape index (κ1) is 22.0. The number of anilines is 2. The Morgan fingerprint density at radius 3 is 2.44 bits per heavy atom. The van der Waals surface area contributed by atoms with E-state index in [2.05, 4.69) is 10.0 Å². The van der Waals surface area contributed by atoms with Crippen LogP contribution in [0.1, 0.15) is 40.0 Å². The Morgan fingerprint density at radius 2 is 1.69 bits per heavy atom. The van der Waals surface area contributed by atoms with Crippen LogP contribution in [-0.4, -0.2) is 38.2 Å². The third kappa shape index (κ3) is 5.00. The van der Waals surface area contributed by atoms with Crippen molar-refractivity contribution in [1.29, 1.82) is 0 Å². The van der Waals surface area contributed by atoms with Crippen molar-refractivity contribution < 1.29 is 18.0 Å². The summed E-state index contributed by atoms with van der Waals surface area (Å²) < 4.78 is 27.6. The molecule has 2 heterocycles. The standard InChI is InChI=1S/C23H23N3O4S2/c27-22(17-8-6-9-18(16-17)25-32(29,30)21-12-7-15-31-21)24-20-11-3-2-10-19(20)23(28)26-13-4-1-5-14-26/h2-3,6-12,15-16,25H,1,4-5,13-14H2,(H,24,27). The highest BCUT2D eigenvalue weighted by Gasteiger charge is 2.22. The average Bonchev–Trinajstić information content (AvgIpc) is 3.36. The number of amides is 2. The quantitative estimate of drug-likeness (QED) is 0.558. The molecule has 3 aromatic rings. The van der Waals surface area contributed by atoms with Crippen LogP contribution in [0.5, 0.6) is 0 Å². The van der Waals surface area contributed by atoms with Crippen LogP contribution >= 0.6 is 11.3 Å². The topological polar surface area (TPSA) is 95.6 Å². The molecule has 1 aromatic heterocycles. The molecule has 166 valence electrons. The van der Waals surface area contributed by atoms with Crippen molar-refractivity contribution in [3.05, 3.63) is 77.2 Å². The second kappa shape index (κ2) is 9.54. The zero-order valence-corrected chi connectivity index (χ0v) is 18.9. The van der Waals surface area contributed by atoms with E-state index in [9.17, 15) is 18.0 Å².